The number of hydrogen-bond donors (Lipinski definition) is 0. The van der Waals surface area contributed by atoms with Gasteiger partial charge in [0.1, 0.15) is 5.82 Å². The van der Waals surface area contributed by atoms with Crippen LogP contribution in [0.25, 0.3) is 0 Å². The van der Waals surface area contributed by atoms with Crippen LogP contribution in [0.15, 0.2) is 42.7 Å². The Kier molecular flexibility index (Phi) is 4.74. The largest absolute Gasteiger partial charge is 0.342 e. The van der Waals surface area contributed by atoms with E-state index in [2.05, 4.69) is 40.0 Å². The van der Waals surface area contributed by atoms with Gasteiger partial charge in [-0.1, -0.05) is 51.1 Å². The number of piperidine rings is 1. The predicted molar refractivity (Wildman–Crippen MR) is 95.8 cm³/mol. The van der Waals surface area contributed by atoms with Crippen LogP contribution in [0.1, 0.15) is 50.9 Å². The Bertz CT molecular complexity index is 676. The fourth-order valence-electron chi connectivity index (χ4n) is 3.41. The van der Waals surface area contributed by atoms with Crippen molar-refractivity contribution in [1.29, 1.82) is 0 Å². The summed E-state index contributed by atoms with van der Waals surface area (Å²) in [6.45, 7) is 8.51. The molecule has 0 aliphatic carbocycles. The van der Waals surface area contributed by atoms with Crippen molar-refractivity contribution < 1.29 is 4.79 Å². The van der Waals surface area contributed by atoms with Gasteiger partial charge >= 0.3 is 0 Å². The van der Waals surface area contributed by atoms with Crippen LogP contribution in [0.3, 0.4) is 0 Å². The Morgan fingerprint density at radius 3 is 2.46 bits per heavy atom. The predicted octanol–water partition coefficient (Wildman–Crippen LogP) is 3.68. The lowest BCUT2D eigenvalue weighted by molar-refractivity contribution is -0.140. The van der Waals surface area contributed by atoms with Gasteiger partial charge in [-0.05, 0) is 18.4 Å². The van der Waals surface area contributed by atoms with Gasteiger partial charge < -0.3 is 9.47 Å². The standard InChI is InChI=1S/C20H27N3O/c1-20(2,3)19(24)22-12-9-17(10-13-22)18-21-11-14-23(18)15-16-7-5-4-6-8-16/h4-8,11,14,17H,9-10,12-13,15H2,1-3H3. The third-order valence-corrected chi connectivity index (χ3v) is 4.73. The summed E-state index contributed by atoms with van der Waals surface area (Å²) in [6.07, 6.45) is 5.95. The number of benzene rings is 1. The molecule has 0 saturated carbocycles. The monoisotopic (exact) mass is 325 g/mol. The fraction of sp³-hybridized carbons (Fsp3) is 0.500. The van der Waals surface area contributed by atoms with Crippen molar-refractivity contribution in [2.24, 2.45) is 5.41 Å². The summed E-state index contributed by atoms with van der Waals surface area (Å²) in [6, 6.07) is 10.5. The maximum atomic E-state index is 12.4. The van der Waals surface area contributed by atoms with Crippen LogP contribution in [-0.4, -0.2) is 33.4 Å². The second-order valence-corrected chi connectivity index (χ2v) is 7.72. The van der Waals surface area contributed by atoms with Crippen LogP contribution in [0.2, 0.25) is 0 Å². The Labute approximate surface area is 144 Å². The zero-order valence-corrected chi connectivity index (χ0v) is 14.9. The van der Waals surface area contributed by atoms with Gasteiger partial charge in [0.25, 0.3) is 0 Å². The number of aromatic nitrogens is 2. The summed E-state index contributed by atoms with van der Waals surface area (Å²) in [5.74, 6) is 1.85. The number of nitrogens with zero attached hydrogens (tertiary/aromatic N) is 3. The summed E-state index contributed by atoms with van der Waals surface area (Å²) >= 11 is 0. The van der Waals surface area contributed by atoms with E-state index in [1.165, 1.54) is 5.56 Å². The van der Waals surface area contributed by atoms with Crippen molar-refractivity contribution in [3.05, 3.63) is 54.1 Å². The molecular weight excluding hydrogens is 298 g/mol. The molecule has 0 unspecified atom stereocenters. The Hall–Kier alpha value is -2.10. The molecule has 4 heteroatoms. The minimum Gasteiger partial charge on any atom is -0.342 e. The molecule has 1 aromatic heterocycles. The minimum atomic E-state index is -0.293. The summed E-state index contributed by atoms with van der Waals surface area (Å²) in [5.41, 5.74) is 0.996. The topological polar surface area (TPSA) is 38.1 Å². The molecule has 1 saturated heterocycles. The third kappa shape index (κ3) is 3.69. The maximum absolute atomic E-state index is 12.4. The number of imidazole rings is 1. The van der Waals surface area contributed by atoms with E-state index in [0.29, 0.717) is 5.92 Å². The van der Waals surface area contributed by atoms with Crippen LogP contribution < -0.4 is 0 Å². The fourth-order valence-corrected chi connectivity index (χ4v) is 3.41. The Morgan fingerprint density at radius 2 is 1.83 bits per heavy atom. The van der Waals surface area contributed by atoms with Crippen LogP contribution in [0.5, 0.6) is 0 Å². The lowest BCUT2D eigenvalue weighted by Crippen LogP contribution is -2.44. The molecule has 1 aliphatic rings. The first-order chi connectivity index (χ1) is 11.4. The molecular formula is C20H27N3O. The average molecular weight is 325 g/mol. The van der Waals surface area contributed by atoms with Crippen molar-refractivity contribution in [2.75, 3.05) is 13.1 Å². The first-order valence-electron chi connectivity index (χ1n) is 8.79. The van der Waals surface area contributed by atoms with E-state index in [9.17, 15) is 4.79 Å². The summed E-state index contributed by atoms with van der Waals surface area (Å²) in [5, 5.41) is 0. The van der Waals surface area contributed by atoms with Gasteiger partial charge in [-0.25, -0.2) is 4.98 Å². The van der Waals surface area contributed by atoms with E-state index in [1.54, 1.807) is 0 Å². The van der Waals surface area contributed by atoms with Gasteiger partial charge in [0.05, 0.1) is 0 Å². The van der Waals surface area contributed by atoms with Gasteiger partial charge in [0.15, 0.2) is 0 Å². The molecule has 1 aliphatic heterocycles. The Morgan fingerprint density at radius 1 is 1.17 bits per heavy atom. The van der Waals surface area contributed by atoms with Crippen molar-refractivity contribution in [2.45, 2.75) is 46.1 Å². The molecule has 24 heavy (non-hydrogen) atoms. The first kappa shape index (κ1) is 16.7. The molecule has 0 N–H and O–H groups in total. The van der Waals surface area contributed by atoms with E-state index in [0.717, 1.165) is 38.3 Å². The van der Waals surface area contributed by atoms with E-state index in [4.69, 9.17) is 0 Å². The highest BCUT2D eigenvalue weighted by Gasteiger charge is 2.31. The smallest absolute Gasteiger partial charge is 0.227 e. The van der Waals surface area contributed by atoms with E-state index >= 15 is 0 Å². The van der Waals surface area contributed by atoms with Crippen LogP contribution in [0, 0.1) is 5.41 Å². The molecule has 0 atom stereocenters. The van der Waals surface area contributed by atoms with Crippen molar-refractivity contribution >= 4 is 5.91 Å². The highest BCUT2D eigenvalue weighted by atomic mass is 16.2. The summed E-state index contributed by atoms with van der Waals surface area (Å²) in [4.78, 5) is 19.1. The normalized spacial score (nSPS) is 16.4. The molecule has 0 bridgehead atoms. The number of carbonyl (C=O) groups is 1. The van der Waals surface area contributed by atoms with Crippen molar-refractivity contribution in [3.8, 4) is 0 Å². The number of carbonyl (C=O) groups excluding carboxylic acids is 1. The summed E-state index contributed by atoms with van der Waals surface area (Å²) < 4.78 is 2.25. The lowest BCUT2D eigenvalue weighted by atomic mass is 9.90. The molecule has 1 aromatic carbocycles. The number of likely N-dealkylation sites (tertiary alicyclic amines) is 1. The average Bonchev–Trinajstić information content (AvgIpc) is 3.02. The van der Waals surface area contributed by atoms with Crippen LogP contribution in [0.4, 0.5) is 0 Å². The SMILES string of the molecule is CC(C)(C)C(=O)N1CCC(c2nccn2Cc2ccccc2)CC1. The van der Waals surface area contributed by atoms with Crippen molar-refractivity contribution in [3.63, 3.8) is 0 Å². The molecule has 0 radical (unpaired) electrons. The molecule has 2 aromatic rings. The number of hydrogen-bond acceptors (Lipinski definition) is 2. The maximum Gasteiger partial charge on any atom is 0.227 e. The Balaban J connectivity index is 1.65. The van der Waals surface area contributed by atoms with Gasteiger partial charge in [-0.3, -0.25) is 4.79 Å². The van der Waals surface area contributed by atoms with Crippen LogP contribution in [-0.2, 0) is 11.3 Å². The third-order valence-electron chi connectivity index (χ3n) is 4.73. The number of rotatable bonds is 3. The molecule has 1 fully saturated rings. The summed E-state index contributed by atoms with van der Waals surface area (Å²) in [7, 11) is 0. The highest BCUT2D eigenvalue weighted by Crippen LogP contribution is 2.29. The lowest BCUT2D eigenvalue weighted by Gasteiger charge is -2.35. The molecule has 1 amide bonds. The van der Waals surface area contributed by atoms with Gasteiger partial charge in [0, 0.05) is 43.4 Å². The zero-order chi connectivity index (χ0) is 17.2. The second-order valence-electron chi connectivity index (χ2n) is 7.72. The van der Waals surface area contributed by atoms with Gasteiger partial charge in [0.2, 0.25) is 5.91 Å². The minimum absolute atomic E-state index is 0.258. The quantitative estimate of drug-likeness (QED) is 0.863. The first-order valence-corrected chi connectivity index (χ1v) is 8.79. The molecule has 2 heterocycles. The van der Waals surface area contributed by atoms with Crippen LogP contribution >= 0.6 is 0 Å². The van der Waals surface area contributed by atoms with E-state index in [-0.39, 0.29) is 11.3 Å². The van der Waals surface area contributed by atoms with Gasteiger partial charge in [-0.15, -0.1) is 0 Å². The molecule has 128 valence electrons. The molecule has 3 rings (SSSR count). The zero-order valence-electron chi connectivity index (χ0n) is 14.9. The highest BCUT2D eigenvalue weighted by molar-refractivity contribution is 5.81. The second kappa shape index (κ2) is 6.80. The van der Waals surface area contributed by atoms with Gasteiger partial charge in [-0.2, -0.15) is 0 Å². The van der Waals surface area contributed by atoms with Crippen molar-refractivity contribution in [1.82, 2.24) is 14.5 Å². The van der Waals surface area contributed by atoms with E-state index < -0.39 is 0 Å². The molecule has 4 nitrogen and oxygen atoms in total. The molecule has 0 spiro atoms. The number of amides is 1. The van der Waals surface area contributed by atoms with E-state index in [1.807, 2.05) is 37.9 Å².